The second kappa shape index (κ2) is 8.34. The summed E-state index contributed by atoms with van der Waals surface area (Å²) in [6, 6.07) is 17.3. The third kappa shape index (κ3) is 4.42. The number of aromatic nitrogens is 2. The minimum absolute atomic E-state index is 0.106. The lowest BCUT2D eigenvalue weighted by Crippen LogP contribution is -2.15. The molecule has 1 amide bonds. The molecule has 6 heteroatoms. The van der Waals surface area contributed by atoms with Crippen LogP contribution in [0, 0.1) is 13.8 Å². The van der Waals surface area contributed by atoms with Gasteiger partial charge in [0.25, 0.3) is 0 Å². The lowest BCUT2D eigenvalue weighted by atomic mass is 10.1. The molecular weight excluding hydrogens is 366 g/mol. The molecule has 0 aliphatic heterocycles. The molecule has 0 saturated heterocycles. The number of aryl methyl sites for hydroxylation is 1. The standard InChI is InChI=1S/C20H18ClN3OS/c1-13-6-3-4-7-15(13)18-10-11-20(24-23-18)26-12-19(25)22-17-9-5-8-16(21)14(17)2/h3-11H,12H2,1-2H3,(H,22,25). The first-order chi connectivity index (χ1) is 12.5. The van der Waals surface area contributed by atoms with Gasteiger partial charge in [-0.1, -0.05) is 53.7 Å². The number of hydrogen-bond donors (Lipinski definition) is 1. The van der Waals surface area contributed by atoms with Gasteiger partial charge in [0.15, 0.2) is 0 Å². The summed E-state index contributed by atoms with van der Waals surface area (Å²) in [5, 5.41) is 12.7. The zero-order valence-electron chi connectivity index (χ0n) is 14.5. The molecule has 1 aromatic heterocycles. The van der Waals surface area contributed by atoms with E-state index < -0.39 is 0 Å². The molecule has 26 heavy (non-hydrogen) atoms. The van der Waals surface area contributed by atoms with Crippen LogP contribution in [0.25, 0.3) is 11.3 Å². The van der Waals surface area contributed by atoms with Gasteiger partial charge < -0.3 is 5.32 Å². The molecule has 0 atom stereocenters. The number of thioether (sulfide) groups is 1. The summed E-state index contributed by atoms with van der Waals surface area (Å²) < 4.78 is 0. The Morgan fingerprint density at radius 3 is 2.58 bits per heavy atom. The topological polar surface area (TPSA) is 54.9 Å². The highest BCUT2D eigenvalue weighted by molar-refractivity contribution is 7.99. The van der Waals surface area contributed by atoms with E-state index in [1.807, 2.05) is 62.4 Å². The van der Waals surface area contributed by atoms with Crippen molar-refractivity contribution in [3.63, 3.8) is 0 Å². The van der Waals surface area contributed by atoms with Crippen LogP contribution in [0.15, 0.2) is 59.6 Å². The van der Waals surface area contributed by atoms with Crippen LogP contribution < -0.4 is 5.32 Å². The number of halogens is 1. The monoisotopic (exact) mass is 383 g/mol. The highest BCUT2D eigenvalue weighted by atomic mass is 35.5. The fraction of sp³-hybridized carbons (Fsp3) is 0.150. The molecule has 0 radical (unpaired) electrons. The Morgan fingerprint density at radius 2 is 1.85 bits per heavy atom. The third-order valence-electron chi connectivity index (χ3n) is 3.95. The number of amides is 1. The first-order valence-electron chi connectivity index (χ1n) is 8.12. The smallest absolute Gasteiger partial charge is 0.234 e. The molecule has 4 nitrogen and oxygen atoms in total. The first kappa shape index (κ1) is 18.4. The first-order valence-corrected chi connectivity index (χ1v) is 9.48. The van der Waals surface area contributed by atoms with E-state index in [2.05, 4.69) is 15.5 Å². The van der Waals surface area contributed by atoms with Gasteiger partial charge >= 0.3 is 0 Å². The van der Waals surface area contributed by atoms with Crippen LogP contribution in [0.3, 0.4) is 0 Å². The Morgan fingerprint density at radius 1 is 1.04 bits per heavy atom. The molecule has 0 bridgehead atoms. The van der Waals surface area contributed by atoms with Crippen LogP contribution in [-0.2, 0) is 4.79 Å². The molecule has 0 aliphatic carbocycles. The number of carbonyl (C=O) groups excluding carboxylic acids is 1. The SMILES string of the molecule is Cc1ccccc1-c1ccc(SCC(=O)Nc2cccc(Cl)c2C)nn1. The van der Waals surface area contributed by atoms with Crippen molar-refractivity contribution in [2.24, 2.45) is 0 Å². The van der Waals surface area contributed by atoms with Crippen LogP contribution in [0.5, 0.6) is 0 Å². The van der Waals surface area contributed by atoms with E-state index in [1.165, 1.54) is 11.8 Å². The zero-order valence-corrected chi connectivity index (χ0v) is 16.1. The Hall–Kier alpha value is -2.37. The second-order valence-corrected chi connectivity index (χ2v) is 7.22. The minimum Gasteiger partial charge on any atom is -0.325 e. The average molecular weight is 384 g/mol. The largest absolute Gasteiger partial charge is 0.325 e. The predicted octanol–water partition coefficient (Wildman–Crippen LogP) is 5.14. The fourth-order valence-corrected chi connectivity index (χ4v) is 3.26. The number of nitrogens with one attached hydrogen (secondary N) is 1. The van der Waals surface area contributed by atoms with Gasteiger partial charge in [-0.15, -0.1) is 10.2 Å². The molecule has 0 aliphatic rings. The van der Waals surface area contributed by atoms with Gasteiger partial charge in [-0.3, -0.25) is 4.79 Å². The maximum absolute atomic E-state index is 12.2. The highest BCUT2D eigenvalue weighted by Crippen LogP contribution is 2.24. The molecule has 3 aromatic rings. The normalized spacial score (nSPS) is 10.6. The summed E-state index contributed by atoms with van der Waals surface area (Å²) in [6.07, 6.45) is 0. The lowest BCUT2D eigenvalue weighted by molar-refractivity contribution is -0.113. The maximum atomic E-state index is 12.2. The minimum atomic E-state index is -0.106. The average Bonchev–Trinajstić information content (AvgIpc) is 2.65. The van der Waals surface area contributed by atoms with Gasteiger partial charge in [0.1, 0.15) is 5.03 Å². The third-order valence-corrected chi connectivity index (χ3v) is 5.28. The van der Waals surface area contributed by atoms with E-state index in [0.29, 0.717) is 10.0 Å². The summed E-state index contributed by atoms with van der Waals surface area (Å²) in [4.78, 5) is 12.2. The quantitative estimate of drug-likeness (QED) is 0.619. The van der Waals surface area contributed by atoms with Gasteiger partial charge in [0.05, 0.1) is 11.4 Å². The fourth-order valence-electron chi connectivity index (χ4n) is 2.47. The molecule has 132 valence electrons. The highest BCUT2D eigenvalue weighted by Gasteiger charge is 2.09. The molecule has 3 rings (SSSR count). The van der Waals surface area contributed by atoms with E-state index in [9.17, 15) is 4.79 Å². The van der Waals surface area contributed by atoms with Crippen molar-refractivity contribution in [2.75, 3.05) is 11.1 Å². The van der Waals surface area contributed by atoms with Crippen molar-refractivity contribution in [3.05, 3.63) is 70.7 Å². The van der Waals surface area contributed by atoms with Crippen LogP contribution in [-0.4, -0.2) is 21.9 Å². The van der Waals surface area contributed by atoms with Crippen molar-refractivity contribution in [2.45, 2.75) is 18.9 Å². The summed E-state index contributed by atoms with van der Waals surface area (Å²) in [5.41, 5.74) is 4.62. The Labute approximate surface area is 162 Å². The van der Waals surface area contributed by atoms with Gasteiger partial charge in [-0.25, -0.2) is 0 Å². The summed E-state index contributed by atoms with van der Waals surface area (Å²) in [5.74, 6) is 0.148. The number of nitrogens with zero attached hydrogens (tertiary/aromatic N) is 2. The van der Waals surface area contributed by atoms with Crippen molar-refractivity contribution in [3.8, 4) is 11.3 Å². The molecule has 0 spiro atoms. The van der Waals surface area contributed by atoms with Crippen LogP contribution in [0.4, 0.5) is 5.69 Å². The van der Waals surface area contributed by atoms with Crippen LogP contribution in [0.1, 0.15) is 11.1 Å². The molecule has 1 heterocycles. The second-order valence-electron chi connectivity index (χ2n) is 5.82. The van der Waals surface area contributed by atoms with Crippen LogP contribution >= 0.6 is 23.4 Å². The van der Waals surface area contributed by atoms with E-state index in [1.54, 1.807) is 6.07 Å². The lowest BCUT2D eigenvalue weighted by Gasteiger charge is -2.09. The van der Waals surface area contributed by atoms with Gasteiger partial charge in [0.2, 0.25) is 5.91 Å². The number of rotatable bonds is 5. The summed E-state index contributed by atoms with van der Waals surface area (Å²) in [7, 11) is 0. The Kier molecular flexibility index (Phi) is 5.91. The van der Waals surface area contributed by atoms with Crippen LogP contribution in [0.2, 0.25) is 5.02 Å². The van der Waals surface area contributed by atoms with E-state index >= 15 is 0 Å². The Bertz CT molecular complexity index is 929. The molecule has 1 N–H and O–H groups in total. The van der Waals surface area contributed by atoms with Crippen molar-refractivity contribution in [1.29, 1.82) is 0 Å². The van der Waals surface area contributed by atoms with Crippen molar-refractivity contribution in [1.82, 2.24) is 10.2 Å². The predicted molar refractivity (Wildman–Crippen MR) is 108 cm³/mol. The van der Waals surface area contributed by atoms with Crippen molar-refractivity contribution >= 4 is 35.0 Å². The molecule has 0 fully saturated rings. The molecule has 2 aromatic carbocycles. The zero-order chi connectivity index (χ0) is 18.5. The van der Waals surface area contributed by atoms with E-state index in [-0.39, 0.29) is 11.7 Å². The van der Waals surface area contributed by atoms with Gasteiger partial charge in [-0.05, 0) is 49.2 Å². The molecule has 0 saturated carbocycles. The maximum Gasteiger partial charge on any atom is 0.234 e. The molecule has 0 unspecified atom stereocenters. The summed E-state index contributed by atoms with van der Waals surface area (Å²) >= 11 is 7.42. The number of carbonyl (C=O) groups is 1. The molecular formula is C20H18ClN3OS. The number of benzene rings is 2. The number of anilines is 1. The van der Waals surface area contributed by atoms with Gasteiger partial charge in [-0.2, -0.15) is 0 Å². The van der Waals surface area contributed by atoms with Crippen molar-refractivity contribution < 1.29 is 4.79 Å². The van der Waals surface area contributed by atoms with Gasteiger partial charge in [0, 0.05) is 16.3 Å². The summed E-state index contributed by atoms with van der Waals surface area (Å²) in [6.45, 7) is 3.92. The van der Waals surface area contributed by atoms with E-state index in [0.717, 1.165) is 28.1 Å². The van der Waals surface area contributed by atoms with E-state index in [4.69, 9.17) is 11.6 Å². The Balaban J connectivity index is 1.60. The number of hydrogen-bond acceptors (Lipinski definition) is 4.